The van der Waals surface area contributed by atoms with Crippen LogP contribution in [-0.4, -0.2) is 55.9 Å². The topological polar surface area (TPSA) is 67.2 Å². The van der Waals surface area contributed by atoms with Gasteiger partial charge in [0.2, 0.25) is 11.0 Å². The first kappa shape index (κ1) is 17.0. The Bertz CT molecular complexity index is 904. The molecule has 0 bridgehead atoms. The first-order chi connectivity index (χ1) is 12.7. The maximum atomic E-state index is 12.7. The number of aromatic nitrogens is 4. The molecule has 1 aliphatic rings. The van der Waals surface area contributed by atoms with E-state index >= 15 is 0 Å². The van der Waals surface area contributed by atoms with Crippen LogP contribution < -0.4 is 4.90 Å². The van der Waals surface area contributed by atoms with Crippen LogP contribution in [0.3, 0.4) is 0 Å². The van der Waals surface area contributed by atoms with Crippen molar-refractivity contribution in [1.29, 1.82) is 0 Å². The molecule has 1 aromatic carbocycles. The van der Waals surface area contributed by atoms with Crippen molar-refractivity contribution in [1.82, 2.24) is 23.8 Å². The zero-order valence-electron chi connectivity index (χ0n) is 14.8. The number of imidazole rings is 1. The van der Waals surface area contributed by atoms with Crippen LogP contribution in [0.25, 0.3) is 11.0 Å². The number of amides is 1. The van der Waals surface area contributed by atoms with Gasteiger partial charge in [-0.3, -0.25) is 4.79 Å². The summed E-state index contributed by atoms with van der Waals surface area (Å²) in [5.41, 5.74) is 2.05. The summed E-state index contributed by atoms with van der Waals surface area (Å²) < 4.78 is 6.32. The van der Waals surface area contributed by atoms with E-state index in [2.05, 4.69) is 23.8 Å². The highest BCUT2D eigenvalue weighted by Crippen LogP contribution is 2.19. The van der Waals surface area contributed by atoms with E-state index in [1.54, 1.807) is 0 Å². The van der Waals surface area contributed by atoms with Gasteiger partial charge in [0.1, 0.15) is 5.82 Å². The van der Waals surface area contributed by atoms with Gasteiger partial charge in [-0.15, -0.1) is 0 Å². The van der Waals surface area contributed by atoms with Crippen LogP contribution in [0.2, 0.25) is 0 Å². The summed E-state index contributed by atoms with van der Waals surface area (Å²) in [6.07, 6.45) is 3.27. The zero-order valence-corrected chi connectivity index (χ0v) is 15.7. The molecule has 0 saturated carbocycles. The van der Waals surface area contributed by atoms with Crippen molar-refractivity contribution in [3.63, 3.8) is 0 Å². The number of anilines is 1. The highest BCUT2D eigenvalue weighted by Gasteiger charge is 2.21. The van der Waals surface area contributed by atoms with Crippen LogP contribution in [0.15, 0.2) is 30.6 Å². The first-order valence-corrected chi connectivity index (χ1v) is 9.71. The number of nitrogens with zero attached hydrogens (tertiary/aromatic N) is 6. The van der Waals surface area contributed by atoms with Gasteiger partial charge in [-0.2, -0.15) is 4.37 Å². The number of para-hydroxylation sites is 2. The molecule has 0 radical (unpaired) electrons. The van der Waals surface area contributed by atoms with Crippen molar-refractivity contribution >= 4 is 33.6 Å². The van der Waals surface area contributed by atoms with Gasteiger partial charge < -0.3 is 14.4 Å². The van der Waals surface area contributed by atoms with E-state index in [1.165, 1.54) is 11.5 Å². The van der Waals surface area contributed by atoms with Crippen molar-refractivity contribution in [2.75, 3.05) is 31.1 Å². The standard InChI is InChI=1S/C18H22N6OS/c1-14-20-18(26-21-14)23-9-4-8-22(11-12-23)17(25)7-10-24-13-19-15-5-2-3-6-16(15)24/h2-3,5-6,13H,4,7-12H2,1H3. The Kier molecular flexibility index (Phi) is 4.83. The molecule has 0 N–H and O–H groups in total. The van der Waals surface area contributed by atoms with Crippen LogP contribution in [0, 0.1) is 6.92 Å². The average Bonchev–Trinajstić information content (AvgIpc) is 3.18. The minimum Gasteiger partial charge on any atom is -0.345 e. The molecule has 0 spiro atoms. The molecule has 0 aliphatic carbocycles. The minimum atomic E-state index is 0.207. The summed E-state index contributed by atoms with van der Waals surface area (Å²) in [6, 6.07) is 8.01. The van der Waals surface area contributed by atoms with Crippen LogP contribution in [0.4, 0.5) is 5.13 Å². The molecule has 1 saturated heterocycles. The third-order valence-electron chi connectivity index (χ3n) is 4.73. The molecule has 136 valence electrons. The van der Waals surface area contributed by atoms with E-state index in [9.17, 15) is 4.79 Å². The summed E-state index contributed by atoms with van der Waals surface area (Å²) in [5, 5.41) is 0.960. The zero-order chi connectivity index (χ0) is 17.9. The molecule has 1 fully saturated rings. The molecule has 7 nitrogen and oxygen atoms in total. The first-order valence-electron chi connectivity index (χ1n) is 8.93. The maximum Gasteiger partial charge on any atom is 0.224 e. The summed E-state index contributed by atoms with van der Waals surface area (Å²) in [6.45, 7) is 5.85. The van der Waals surface area contributed by atoms with Gasteiger partial charge in [0.25, 0.3) is 0 Å². The van der Waals surface area contributed by atoms with E-state index in [0.717, 1.165) is 54.6 Å². The van der Waals surface area contributed by atoms with E-state index in [1.807, 2.05) is 42.4 Å². The lowest BCUT2D eigenvalue weighted by Gasteiger charge is -2.21. The second-order valence-corrected chi connectivity index (χ2v) is 7.25. The molecule has 3 aromatic rings. The number of rotatable bonds is 4. The normalized spacial score (nSPS) is 15.4. The molecule has 3 heterocycles. The summed E-state index contributed by atoms with van der Waals surface area (Å²) in [5.74, 6) is 1.02. The van der Waals surface area contributed by atoms with Gasteiger partial charge in [0, 0.05) is 50.7 Å². The van der Waals surface area contributed by atoms with E-state index < -0.39 is 0 Å². The van der Waals surface area contributed by atoms with Gasteiger partial charge in [-0.05, 0) is 25.5 Å². The SMILES string of the molecule is Cc1nsc(N2CCCN(C(=O)CCn3cnc4ccccc43)CC2)n1. The number of fused-ring (bicyclic) bond motifs is 1. The third kappa shape index (κ3) is 3.55. The van der Waals surface area contributed by atoms with Gasteiger partial charge in [-0.1, -0.05) is 12.1 Å². The molecular weight excluding hydrogens is 348 g/mol. The van der Waals surface area contributed by atoms with Gasteiger partial charge in [0.05, 0.1) is 17.4 Å². The Hall–Kier alpha value is -2.48. The summed E-state index contributed by atoms with van der Waals surface area (Å²) in [7, 11) is 0. The molecule has 4 rings (SSSR count). The van der Waals surface area contributed by atoms with E-state index in [4.69, 9.17) is 0 Å². The highest BCUT2D eigenvalue weighted by molar-refractivity contribution is 7.09. The fourth-order valence-corrected chi connectivity index (χ4v) is 4.06. The van der Waals surface area contributed by atoms with E-state index in [0.29, 0.717) is 13.0 Å². The maximum absolute atomic E-state index is 12.7. The van der Waals surface area contributed by atoms with Crippen molar-refractivity contribution < 1.29 is 4.79 Å². The summed E-state index contributed by atoms with van der Waals surface area (Å²) >= 11 is 1.44. The second-order valence-electron chi connectivity index (χ2n) is 6.52. The third-order valence-corrected chi connectivity index (χ3v) is 5.60. The average molecular weight is 370 g/mol. The lowest BCUT2D eigenvalue weighted by molar-refractivity contribution is -0.131. The fraction of sp³-hybridized carbons (Fsp3) is 0.444. The smallest absolute Gasteiger partial charge is 0.224 e. The number of hydrogen-bond acceptors (Lipinski definition) is 6. The summed E-state index contributed by atoms with van der Waals surface area (Å²) in [4.78, 5) is 25.7. The minimum absolute atomic E-state index is 0.207. The molecule has 0 atom stereocenters. The van der Waals surface area contributed by atoms with Crippen LogP contribution in [0.1, 0.15) is 18.7 Å². The number of carbonyl (C=O) groups excluding carboxylic acids is 1. The molecule has 26 heavy (non-hydrogen) atoms. The monoisotopic (exact) mass is 370 g/mol. The second kappa shape index (κ2) is 7.41. The Morgan fingerprint density at radius 3 is 2.92 bits per heavy atom. The predicted molar refractivity (Wildman–Crippen MR) is 102 cm³/mol. The highest BCUT2D eigenvalue weighted by atomic mass is 32.1. The fourth-order valence-electron chi connectivity index (χ4n) is 3.34. The Morgan fingerprint density at radius 2 is 2.08 bits per heavy atom. The van der Waals surface area contributed by atoms with Crippen molar-refractivity contribution in [3.8, 4) is 0 Å². The Balaban J connectivity index is 1.35. The Labute approximate surface area is 156 Å². The van der Waals surface area contributed by atoms with Gasteiger partial charge in [0.15, 0.2) is 0 Å². The number of aryl methyl sites for hydroxylation is 2. The van der Waals surface area contributed by atoms with Crippen LogP contribution >= 0.6 is 11.5 Å². The predicted octanol–water partition coefficient (Wildman–Crippen LogP) is 2.33. The number of carbonyl (C=O) groups is 1. The molecule has 1 amide bonds. The molecule has 1 aliphatic heterocycles. The van der Waals surface area contributed by atoms with Crippen LogP contribution in [-0.2, 0) is 11.3 Å². The molecular formula is C18H22N6OS. The molecule has 0 unspecified atom stereocenters. The number of benzene rings is 1. The van der Waals surface area contributed by atoms with Crippen LogP contribution in [0.5, 0.6) is 0 Å². The van der Waals surface area contributed by atoms with Gasteiger partial charge >= 0.3 is 0 Å². The number of hydrogen-bond donors (Lipinski definition) is 0. The lowest BCUT2D eigenvalue weighted by Crippen LogP contribution is -2.35. The van der Waals surface area contributed by atoms with Gasteiger partial charge in [-0.25, -0.2) is 9.97 Å². The molecule has 2 aromatic heterocycles. The quantitative estimate of drug-likeness (QED) is 0.705. The Morgan fingerprint density at radius 1 is 1.19 bits per heavy atom. The van der Waals surface area contributed by atoms with Crippen molar-refractivity contribution in [3.05, 3.63) is 36.4 Å². The lowest BCUT2D eigenvalue weighted by atomic mass is 10.3. The molecule has 8 heteroatoms. The van der Waals surface area contributed by atoms with Crippen molar-refractivity contribution in [2.24, 2.45) is 0 Å². The van der Waals surface area contributed by atoms with E-state index in [-0.39, 0.29) is 5.91 Å². The van der Waals surface area contributed by atoms with Crippen molar-refractivity contribution in [2.45, 2.75) is 26.3 Å². The largest absolute Gasteiger partial charge is 0.345 e.